The summed E-state index contributed by atoms with van der Waals surface area (Å²) in [5.41, 5.74) is 2.44. The smallest absolute Gasteiger partial charge is 0.0724 e. The van der Waals surface area contributed by atoms with Crippen molar-refractivity contribution in [3.8, 4) is 0 Å². The Morgan fingerprint density at radius 1 is 1.14 bits per heavy atom. The molecule has 0 aromatic carbocycles. The van der Waals surface area contributed by atoms with Crippen LogP contribution in [0.5, 0.6) is 0 Å². The average molecular weight is 286 g/mol. The van der Waals surface area contributed by atoms with Gasteiger partial charge in [-0.25, -0.2) is 0 Å². The van der Waals surface area contributed by atoms with Gasteiger partial charge in [0, 0.05) is 0 Å². The molecule has 4 aliphatic rings. The molecule has 1 heteroatoms. The highest BCUT2D eigenvalue weighted by atomic mass is 16.3. The molecule has 7 atom stereocenters. The highest BCUT2D eigenvalue weighted by Gasteiger charge is 2.56. The maximum absolute atomic E-state index is 10.1. The molecule has 116 valence electrons. The van der Waals surface area contributed by atoms with Crippen molar-refractivity contribution < 1.29 is 5.11 Å². The highest BCUT2D eigenvalue weighted by Crippen LogP contribution is 2.65. The molecule has 0 heterocycles. The zero-order valence-electron chi connectivity index (χ0n) is 13.8. The summed E-state index contributed by atoms with van der Waals surface area (Å²) in [4.78, 5) is 0. The van der Waals surface area contributed by atoms with Crippen LogP contribution in [0.15, 0.2) is 23.8 Å². The van der Waals surface area contributed by atoms with Crippen molar-refractivity contribution in [2.24, 2.45) is 34.5 Å². The summed E-state index contributed by atoms with van der Waals surface area (Å²) in [6.07, 6.45) is 14.6. The maximum atomic E-state index is 10.1. The average Bonchev–Trinajstić information content (AvgIpc) is 2.83. The van der Waals surface area contributed by atoms with E-state index in [2.05, 4.69) is 39.0 Å². The molecule has 0 bridgehead atoms. The monoisotopic (exact) mass is 286 g/mol. The van der Waals surface area contributed by atoms with E-state index in [-0.39, 0.29) is 6.10 Å². The molecule has 4 aliphatic carbocycles. The Bertz CT molecular complexity index is 504. The van der Waals surface area contributed by atoms with E-state index in [0.29, 0.717) is 16.7 Å². The van der Waals surface area contributed by atoms with E-state index in [9.17, 15) is 5.11 Å². The summed E-state index contributed by atoms with van der Waals surface area (Å²) in [7, 11) is 0. The maximum Gasteiger partial charge on any atom is 0.0724 e. The number of hydrogen-bond acceptors (Lipinski definition) is 1. The van der Waals surface area contributed by atoms with Crippen LogP contribution in [0.4, 0.5) is 0 Å². The Hall–Kier alpha value is -0.560. The van der Waals surface area contributed by atoms with Gasteiger partial charge in [0.1, 0.15) is 0 Å². The van der Waals surface area contributed by atoms with Crippen molar-refractivity contribution in [3.63, 3.8) is 0 Å². The molecular weight excluding hydrogens is 256 g/mol. The number of allylic oxidation sites excluding steroid dienone is 3. The second kappa shape index (κ2) is 4.47. The van der Waals surface area contributed by atoms with Crippen LogP contribution in [-0.4, -0.2) is 11.2 Å². The SMILES string of the molecule is C[C@@H]1CC2C3CC=C[C@@]3(C)CCC2[C@@]2(C)CCC(O)C=C12. The number of hydrogen-bond donors (Lipinski definition) is 1. The van der Waals surface area contributed by atoms with Crippen molar-refractivity contribution >= 4 is 0 Å². The van der Waals surface area contributed by atoms with Crippen molar-refractivity contribution in [1.29, 1.82) is 0 Å². The van der Waals surface area contributed by atoms with Crippen LogP contribution >= 0.6 is 0 Å². The highest BCUT2D eigenvalue weighted by molar-refractivity contribution is 5.28. The Labute approximate surface area is 129 Å². The number of aliphatic hydroxyl groups is 1. The fraction of sp³-hybridized carbons (Fsp3) is 0.800. The third-order valence-corrected chi connectivity index (χ3v) is 7.73. The molecule has 0 amide bonds. The van der Waals surface area contributed by atoms with E-state index in [0.717, 1.165) is 24.2 Å². The van der Waals surface area contributed by atoms with Crippen LogP contribution in [-0.2, 0) is 0 Å². The number of aliphatic hydroxyl groups excluding tert-OH is 1. The Kier molecular flexibility index (Phi) is 2.99. The zero-order valence-corrected chi connectivity index (χ0v) is 13.8. The van der Waals surface area contributed by atoms with Crippen LogP contribution in [0, 0.1) is 34.5 Å². The molecule has 2 fully saturated rings. The standard InChI is InChI=1S/C20H30O/c1-13-11-15-16-5-4-8-19(16,2)9-7-17(15)20(3)10-6-14(21)12-18(13)20/h4,8,12-17,21H,5-7,9-11H2,1-3H3/t13-,14?,15?,16?,17?,19+,20-/m1/s1. The van der Waals surface area contributed by atoms with Crippen LogP contribution < -0.4 is 0 Å². The molecule has 1 nitrogen and oxygen atoms in total. The van der Waals surface area contributed by atoms with Gasteiger partial charge < -0.3 is 5.11 Å². The summed E-state index contributed by atoms with van der Waals surface area (Å²) in [5.74, 6) is 3.29. The van der Waals surface area contributed by atoms with Gasteiger partial charge in [0.25, 0.3) is 0 Å². The quantitative estimate of drug-likeness (QED) is 0.639. The van der Waals surface area contributed by atoms with Gasteiger partial charge >= 0.3 is 0 Å². The first kappa shape index (κ1) is 14.1. The first-order valence-corrected chi connectivity index (χ1v) is 9.02. The lowest BCUT2D eigenvalue weighted by atomic mass is 9.46. The van der Waals surface area contributed by atoms with Gasteiger partial charge in [-0.05, 0) is 73.0 Å². The van der Waals surface area contributed by atoms with E-state index >= 15 is 0 Å². The van der Waals surface area contributed by atoms with Gasteiger partial charge in [0.15, 0.2) is 0 Å². The topological polar surface area (TPSA) is 20.2 Å². The Morgan fingerprint density at radius 3 is 2.76 bits per heavy atom. The molecule has 0 aromatic rings. The second-order valence-electron chi connectivity index (χ2n) is 8.84. The lowest BCUT2D eigenvalue weighted by molar-refractivity contribution is -0.0434. The predicted octanol–water partition coefficient (Wildman–Crippen LogP) is 4.72. The van der Waals surface area contributed by atoms with Gasteiger partial charge in [0.2, 0.25) is 0 Å². The Balaban J connectivity index is 1.72. The van der Waals surface area contributed by atoms with Crippen LogP contribution in [0.25, 0.3) is 0 Å². The molecule has 0 aliphatic heterocycles. The summed E-state index contributed by atoms with van der Waals surface area (Å²) < 4.78 is 0. The molecule has 0 spiro atoms. The molecule has 21 heavy (non-hydrogen) atoms. The molecule has 0 aromatic heterocycles. The van der Waals surface area contributed by atoms with Crippen molar-refractivity contribution in [2.45, 2.75) is 65.4 Å². The van der Waals surface area contributed by atoms with Crippen molar-refractivity contribution in [1.82, 2.24) is 0 Å². The molecule has 0 radical (unpaired) electrons. The van der Waals surface area contributed by atoms with Crippen LogP contribution in [0.1, 0.15) is 59.3 Å². The summed E-state index contributed by atoms with van der Waals surface area (Å²) in [6.45, 7) is 7.43. The van der Waals surface area contributed by atoms with Gasteiger partial charge in [-0.2, -0.15) is 0 Å². The molecule has 4 rings (SSSR count). The fourth-order valence-electron chi connectivity index (χ4n) is 6.62. The minimum Gasteiger partial charge on any atom is -0.389 e. The number of fused-ring (bicyclic) bond motifs is 5. The third kappa shape index (κ3) is 1.86. The summed E-state index contributed by atoms with van der Waals surface area (Å²) in [6, 6.07) is 0. The van der Waals surface area contributed by atoms with Gasteiger partial charge in [0.05, 0.1) is 6.10 Å². The zero-order chi connectivity index (χ0) is 14.8. The molecular formula is C20H30O. The van der Waals surface area contributed by atoms with E-state index in [1.165, 1.54) is 32.1 Å². The van der Waals surface area contributed by atoms with Crippen LogP contribution in [0.3, 0.4) is 0 Å². The van der Waals surface area contributed by atoms with Gasteiger partial charge in [-0.1, -0.05) is 44.6 Å². The predicted molar refractivity (Wildman–Crippen MR) is 86.8 cm³/mol. The second-order valence-corrected chi connectivity index (χ2v) is 8.84. The molecule has 1 N–H and O–H groups in total. The minimum absolute atomic E-state index is 0.186. The molecule has 4 unspecified atom stereocenters. The fourth-order valence-corrected chi connectivity index (χ4v) is 6.62. The van der Waals surface area contributed by atoms with E-state index < -0.39 is 0 Å². The minimum atomic E-state index is -0.186. The molecule has 2 saturated carbocycles. The van der Waals surface area contributed by atoms with E-state index in [1.807, 2.05) is 0 Å². The lowest BCUT2D eigenvalue weighted by Crippen LogP contribution is -2.51. The molecule has 0 saturated heterocycles. The van der Waals surface area contributed by atoms with E-state index in [1.54, 1.807) is 5.57 Å². The van der Waals surface area contributed by atoms with Crippen molar-refractivity contribution in [3.05, 3.63) is 23.8 Å². The number of rotatable bonds is 0. The Morgan fingerprint density at radius 2 is 1.95 bits per heavy atom. The third-order valence-electron chi connectivity index (χ3n) is 7.73. The van der Waals surface area contributed by atoms with Gasteiger partial charge in [-0.3, -0.25) is 0 Å². The first-order chi connectivity index (χ1) is 9.94. The lowest BCUT2D eigenvalue weighted by Gasteiger charge is -2.59. The summed E-state index contributed by atoms with van der Waals surface area (Å²) >= 11 is 0. The first-order valence-electron chi connectivity index (χ1n) is 9.02. The van der Waals surface area contributed by atoms with Crippen LogP contribution in [0.2, 0.25) is 0 Å². The van der Waals surface area contributed by atoms with Gasteiger partial charge in [-0.15, -0.1) is 0 Å². The summed E-state index contributed by atoms with van der Waals surface area (Å²) in [5, 5.41) is 10.1. The normalized spacial score (nSPS) is 55.4. The largest absolute Gasteiger partial charge is 0.389 e. The van der Waals surface area contributed by atoms with E-state index in [4.69, 9.17) is 0 Å². The van der Waals surface area contributed by atoms with Crippen molar-refractivity contribution in [2.75, 3.05) is 0 Å².